The van der Waals surface area contributed by atoms with Crippen LogP contribution in [0.3, 0.4) is 0 Å². The Morgan fingerprint density at radius 2 is 1.97 bits per heavy atom. The molecule has 7 nitrogen and oxygen atoms in total. The minimum absolute atomic E-state index is 0.198. The summed E-state index contributed by atoms with van der Waals surface area (Å²) in [6.45, 7) is 1.12. The number of rotatable bonds is 5. The Balaban J connectivity index is 1.50. The predicted octanol–water partition coefficient (Wildman–Crippen LogP) is 4.66. The van der Waals surface area contributed by atoms with E-state index in [2.05, 4.69) is 0 Å². The van der Waals surface area contributed by atoms with Gasteiger partial charge in [-0.3, -0.25) is 19.3 Å². The van der Waals surface area contributed by atoms with Crippen molar-refractivity contribution in [1.82, 2.24) is 9.80 Å². The van der Waals surface area contributed by atoms with E-state index in [9.17, 15) is 14.4 Å². The van der Waals surface area contributed by atoms with E-state index in [1.54, 1.807) is 42.3 Å². The molecule has 2 fully saturated rings. The molecular weight excluding hydrogens is 440 g/mol. The summed E-state index contributed by atoms with van der Waals surface area (Å²) in [6.07, 6.45) is 4.51. The third-order valence-corrected chi connectivity index (χ3v) is 6.35. The number of nitrogens with zero attached hydrogens (tertiary/aromatic N) is 2. The summed E-state index contributed by atoms with van der Waals surface area (Å²) < 4.78 is 11.2. The Kier molecular flexibility index (Phi) is 6.38. The number of amides is 3. The van der Waals surface area contributed by atoms with Gasteiger partial charge in [-0.2, -0.15) is 0 Å². The van der Waals surface area contributed by atoms with Crippen LogP contribution in [0.15, 0.2) is 39.7 Å². The summed E-state index contributed by atoms with van der Waals surface area (Å²) in [7, 11) is 1.55. The molecule has 0 aliphatic carbocycles. The molecule has 0 N–H and O–H groups in total. The van der Waals surface area contributed by atoms with Crippen LogP contribution in [-0.2, 0) is 9.59 Å². The maximum absolute atomic E-state index is 12.7. The highest BCUT2D eigenvalue weighted by Gasteiger charge is 2.37. The van der Waals surface area contributed by atoms with Crippen molar-refractivity contribution in [2.24, 2.45) is 0 Å². The fraction of sp³-hybridized carbons (Fsp3) is 0.318. The average Bonchev–Trinajstić information content (AvgIpc) is 3.34. The van der Waals surface area contributed by atoms with Gasteiger partial charge in [0.05, 0.1) is 17.6 Å². The number of likely N-dealkylation sites (tertiary alicyclic amines) is 1. The Morgan fingerprint density at radius 3 is 2.71 bits per heavy atom. The summed E-state index contributed by atoms with van der Waals surface area (Å²) in [5.41, 5.74) is 0.676. The highest BCUT2D eigenvalue weighted by molar-refractivity contribution is 8.18. The molecule has 3 heterocycles. The monoisotopic (exact) mass is 460 g/mol. The quantitative estimate of drug-likeness (QED) is 0.604. The lowest BCUT2D eigenvalue weighted by Crippen LogP contribution is -2.44. The molecule has 0 unspecified atom stereocenters. The van der Waals surface area contributed by atoms with E-state index in [0.29, 0.717) is 40.9 Å². The summed E-state index contributed by atoms with van der Waals surface area (Å²) in [5, 5.41) is 0.0816. The number of piperidine rings is 1. The number of hydrogen-bond acceptors (Lipinski definition) is 6. The number of furan rings is 1. The number of hydrogen-bond donors (Lipinski definition) is 0. The number of carbonyl (C=O) groups is 3. The maximum atomic E-state index is 12.7. The van der Waals surface area contributed by atoms with E-state index < -0.39 is 11.1 Å². The molecule has 2 aliphatic heterocycles. The van der Waals surface area contributed by atoms with Crippen LogP contribution in [0, 0.1) is 0 Å². The lowest BCUT2D eigenvalue weighted by molar-refractivity contribution is -0.136. The first kappa shape index (κ1) is 21.5. The number of methoxy groups -OCH3 is 1. The van der Waals surface area contributed by atoms with Crippen LogP contribution in [0.1, 0.15) is 25.0 Å². The van der Waals surface area contributed by atoms with Crippen molar-refractivity contribution < 1.29 is 23.5 Å². The van der Waals surface area contributed by atoms with Crippen LogP contribution < -0.4 is 4.74 Å². The van der Waals surface area contributed by atoms with E-state index in [1.807, 2.05) is 0 Å². The van der Waals surface area contributed by atoms with Crippen molar-refractivity contribution in [3.8, 4) is 17.1 Å². The fourth-order valence-corrected chi connectivity index (χ4v) is 4.58. The second-order valence-corrected chi connectivity index (χ2v) is 8.69. The second-order valence-electron chi connectivity index (χ2n) is 7.26. The van der Waals surface area contributed by atoms with E-state index in [-0.39, 0.29) is 17.4 Å². The molecule has 2 aliphatic rings. The topological polar surface area (TPSA) is 80.1 Å². The van der Waals surface area contributed by atoms with Crippen molar-refractivity contribution in [2.75, 3.05) is 26.7 Å². The first-order chi connectivity index (χ1) is 15.0. The molecule has 1 aromatic carbocycles. The predicted molar refractivity (Wildman–Crippen MR) is 119 cm³/mol. The van der Waals surface area contributed by atoms with Crippen LogP contribution >= 0.6 is 23.4 Å². The first-order valence-corrected chi connectivity index (χ1v) is 11.1. The third-order valence-electron chi connectivity index (χ3n) is 5.20. The van der Waals surface area contributed by atoms with Gasteiger partial charge in [0.1, 0.15) is 23.8 Å². The zero-order valence-electron chi connectivity index (χ0n) is 16.9. The summed E-state index contributed by atoms with van der Waals surface area (Å²) in [5.74, 6) is 0.840. The molecule has 2 aromatic rings. The van der Waals surface area contributed by atoms with Crippen molar-refractivity contribution >= 4 is 46.5 Å². The Hall–Kier alpha value is -2.71. The van der Waals surface area contributed by atoms with E-state index in [4.69, 9.17) is 20.8 Å². The molecule has 31 heavy (non-hydrogen) atoms. The molecule has 162 valence electrons. The van der Waals surface area contributed by atoms with Gasteiger partial charge in [-0.1, -0.05) is 11.6 Å². The Morgan fingerprint density at radius 1 is 1.19 bits per heavy atom. The molecule has 9 heteroatoms. The van der Waals surface area contributed by atoms with Gasteiger partial charge >= 0.3 is 0 Å². The molecule has 4 rings (SSSR count). The number of benzene rings is 1. The minimum atomic E-state index is -0.487. The second kappa shape index (κ2) is 9.20. The molecule has 0 atom stereocenters. The zero-order valence-corrected chi connectivity index (χ0v) is 18.5. The normalized spacial score (nSPS) is 18.2. The zero-order chi connectivity index (χ0) is 22.0. The van der Waals surface area contributed by atoms with Crippen LogP contribution in [0.2, 0.25) is 5.02 Å². The van der Waals surface area contributed by atoms with Gasteiger partial charge < -0.3 is 14.1 Å². The van der Waals surface area contributed by atoms with Gasteiger partial charge in [0.25, 0.3) is 11.1 Å². The van der Waals surface area contributed by atoms with Crippen molar-refractivity contribution in [3.05, 3.63) is 46.0 Å². The number of halogens is 1. The van der Waals surface area contributed by atoms with Gasteiger partial charge in [0.15, 0.2) is 0 Å². The molecular formula is C22H21ClN2O5S. The van der Waals surface area contributed by atoms with Gasteiger partial charge in [0.2, 0.25) is 5.91 Å². The van der Waals surface area contributed by atoms with Crippen molar-refractivity contribution in [2.45, 2.75) is 19.3 Å². The van der Waals surface area contributed by atoms with Gasteiger partial charge in [-0.15, -0.1) is 0 Å². The number of thioether (sulfide) groups is 1. The van der Waals surface area contributed by atoms with Crippen LogP contribution in [0.4, 0.5) is 4.79 Å². The standard InChI is InChI=1S/C22H21ClN2O5S/c1-29-17-7-5-14(23)11-16(17)18-8-6-15(30-18)12-19-21(27)25(22(28)31-19)13-20(26)24-9-3-2-4-10-24/h5-8,11-12H,2-4,9-10,13H2,1H3/b19-12+. The third kappa shape index (κ3) is 4.65. The highest BCUT2D eigenvalue weighted by atomic mass is 35.5. The largest absolute Gasteiger partial charge is 0.496 e. The Bertz CT molecular complexity index is 1060. The lowest BCUT2D eigenvalue weighted by atomic mass is 10.1. The molecule has 0 bridgehead atoms. The van der Waals surface area contributed by atoms with E-state index in [1.165, 1.54) is 6.08 Å². The summed E-state index contributed by atoms with van der Waals surface area (Å²) in [4.78, 5) is 40.5. The number of carbonyl (C=O) groups excluding carboxylic acids is 3. The molecule has 0 radical (unpaired) electrons. The molecule has 3 amide bonds. The van der Waals surface area contributed by atoms with E-state index in [0.717, 1.165) is 35.9 Å². The Labute approximate surface area is 189 Å². The first-order valence-electron chi connectivity index (χ1n) is 9.93. The van der Waals surface area contributed by atoms with Gasteiger partial charge in [-0.05, 0) is 61.4 Å². The minimum Gasteiger partial charge on any atom is -0.496 e. The van der Waals surface area contributed by atoms with E-state index >= 15 is 0 Å². The number of ether oxygens (including phenoxy) is 1. The van der Waals surface area contributed by atoms with Crippen LogP contribution in [-0.4, -0.2) is 53.6 Å². The highest BCUT2D eigenvalue weighted by Crippen LogP contribution is 2.36. The maximum Gasteiger partial charge on any atom is 0.294 e. The number of imide groups is 1. The van der Waals surface area contributed by atoms with Crippen molar-refractivity contribution in [3.63, 3.8) is 0 Å². The lowest BCUT2D eigenvalue weighted by Gasteiger charge is -2.27. The molecule has 2 saturated heterocycles. The smallest absolute Gasteiger partial charge is 0.294 e. The summed E-state index contributed by atoms with van der Waals surface area (Å²) >= 11 is 6.89. The molecule has 0 saturated carbocycles. The van der Waals surface area contributed by atoms with Crippen LogP contribution in [0.5, 0.6) is 5.75 Å². The average molecular weight is 461 g/mol. The SMILES string of the molecule is COc1ccc(Cl)cc1-c1ccc(/C=C2/SC(=O)N(CC(=O)N3CCCCC3)C2=O)o1. The van der Waals surface area contributed by atoms with Crippen LogP contribution in [0.25, 0.3) is 17.4 Å². The summed E-state index contributed by atoms with van der Waals surface area (Å²) in [6, 6.07) is 8.62. The molecule has 1 aromatic heterocycles. The van der Waals surface area contributed by atoms with Crippen molar-refractivity contribution in [1.29, 1.82) is 0 Å². The fourth-order valence-electron chi connectivity index (χ4n) is 3.59. The van der Waals surface area contributed by atoms with Gasteiger partial charge in [-0.25, -0.2) is 0 Å². The molecule has 0 spiro atoms. The van der Waals surface area contributed by atoms with Gasteiger partial charge in [0, 0.05) is 24.2 Å².